The molecule has 0 amide bonds. The Morgan fingerprint density at radius 2 is 1.73 bits per heavy atom. The van der Waals surface area contributed by atoms with Gasteiger partial charge in [0.25, 0.3) is 0 Å². The van der Waals surface area contributed by atoms with Crippen molar-refractivity contribution >= 4 is 0 Å². The van der Waals surface area contributed by atoms with Crippen LogP contribution in [-0.2, 0) is 0 Å². The molecule has 3 nitrogen and oxygen atoms in total. The van der Waals surface area contributed by atoms with E-state index < -0.39 is 0 Å². The van der Waals surface area contributed by atoms with Crippen molar-refractivity contribution in [2.45, 2.75) is 70.9 Å². The van der Waals surface area contributed by atoms with Gasteiger partial charge in [0.1, 0.15) is 6.54 Å². The Kier molecular flexibility index (Phi) is 3.63. The maximum atomic E-state index is 10.5. The van der Waals surface area contributed by atoms with Gasteiger partial charge in [0.2, 0.25) is 0 Å². The molecule has 4 aliphatic rings. The van der Waals surface area contributed by atoms with E-state index in [1.807, 2.05) is 0 Å². The number of nitrogens with one attached hydrogen (secondary N) is 1. The van der Waals surface area contributed by atoms with Crippen LogP contribution >= 0.6 is 0 Å². The number of quaternary nitrogens is 1. The first-order valence-electron chi connectivity index (χ1n) is 9.64. The Balaban J connectivity index is 1.60. The molecular weight excluding hydrogens is 274 g/mol. The SMILES string of the molecule is C[C@@]12CC[C@H]3[C@@H](CC[C@H]4[NH+](CCO)CC[C@]34C)[C@H]1CC[C@@H]2O. The molecule has 4 rings (SSSR count). The first kappa shape index (κ1) is 15.4. The molecule has 8 atom stereocenters. The van der Waals surface area contributed by atoms with Crippen LogP contribution in [0, 0.1) is 28.6 Å². The van der Waals surface area contributed by atoms with Crippen LogP contribution in [-0.4, -0.2) is 42.1 Å². The number of likely N-dealkylation sites (tertiary alicyclic amines) is 1. The Bertz CT molecular complexity index is 441. The predicted octanol–water partition coefficient (Wildman–Crippen LogP) is 1.24. The zero-order valence-corrected chi connectivity index (χ0v) is 14.4. The molecule has 0 bridgehead atoms. The lowest BCUT2D eigenvalue weighted by Gasteiger charge is -2.56. The molecule has 0 spiro atoms. The lowest BCUT2D eigenvalue weighted by Crippen LogP contribution is -3.15. The van der Waals surface area contributed by atoms with Crippen LogP contribution in [0.4, 0.5) is 0 Å². The van der Waals surface area contributed by atoms with Gasteiger partial charge >= 0.3 is 0 Å². The predicted molar refractivity (Wildman–Crippen MR) is 86.6 cm³/mol. The molecule has 0 aromatic heterocycles. The molecule has 1 aliphatic heterocycles. The van der Waals surface area contributed by atoms with Gasteiger partial charge in [0, 0.05) is 18.3 Å². The van der Waals surface area contributed by atoms with E-state index in [1.54, 1.807) is 4.90 Å². The summed E-state index contributed by atoms with van der Waals surface area (Å²) in [6, 6.07) is 0.775. The molecular formula is C19H34NO2+. The van der Waals surface area contributed by atoms with E-state index in [2.05, 4.69) is 13.8 Å². The third-order valence-corrected chi connectivity index (χ3v) is 8.73. The third-order valence-electron chi connectivity index (χ3n) is 8.73. The second-order valence-electron chi connectivity index (χ2n) is 9.28. The summed E-state index contributed by atoms with van der Waals surface area (Å²) in [7, 11) is 0. The highest BCUT2D eigenvalue weighted by molar-refractivity contribution is 5.09. The van der Waals surface area contributed by atoms with E-state index in [-0.39, 0.29) is 11.5 Å². The largest absolute Gasteiger partial charge is 0.393 e. The number of aliphatic hydroxyl groups is 2. The van der Waals surface area contributed by atoms with Crippen molar-refractivity contribution in [3.05, 3.63) is 0 Å². The van der Waals surface area contributed by atoms with E-state index in [4.69, 9.17) is 0 Å². The maximum Gasteiger partial charge on any atom is 0.101 e. The topological polar surface area (TPSA) is 44.9 Å². The van der Waals surface area contributed by atoms with Crippen LogP contribution < -0.4 is 4.90 Å². The van der Waals surface area contributed by atoms with Gasteiger partial charge in [-0.25, -0.2) is 0 Å². The molecule has 3 N–H and O–H groups in total. The van der Waals surface area contributed by atoms with Crippen molar-refractivity contribution in [3.63, 3.8) is 0 Å². The first-order chi connectivity index (χ1) is 10.5. The molecule has 0 aromatic carbocycles. The normalized spacial score (nSPS) is 57.3. The second-order valence-corrected chi connectivity index (χ2v) is 9.28. The van der Waals surface area contributed by atoms with Crippen molar-refractivity contribution in [1.82, 2.24) is 0 Å². The van der Waals surface area contributed by atoms with Crippen molar-refractivity contribution in [3.8, 4) is 0 Å². The molecule has 3 saturated carbocycles. The number of rotatable bonds is 2. The maximum absolute atomic E-state index is 10.5. The summed E-state index contributed by atoms with van der Waals surface area (Å²) in [5.41, 5.74) is 0.697. The van der Waals surface area contributed by atoms with E-state index >= 15 is 0 Å². The van der Waals surface area contributed by atoms with Gasteiger partial charge in [-0.1, -0.05) is 13.8 Å². The molecule has 0 aromatic rings. The van der Waals surface area contributed by atoms with Crippen molar-refractivity contribution in [1.29, 1.82) is 0 Å². The van der Waals surface area contributed by atoms with Crippen LogP contribution in [0.5, 0.6) is 0 Å². The average Bonchev–Trinajstić information content (AvgIpc) is 2.98. The Hall–Kier alpha value is -0.120. The van der Waals surface area contributed by atoms with Crippen LogP contribution in [0.15, 0.2) is 0 Å². The molecule has 3 heteroatoms. The zero-order chi connectivity index (χ0) is 15.5. The van der Waals surface area contributed by atoms with E-state index in [0.717, 1.165) is 36.8 Å². The van der Waals surface area contributed by atoms with Gasteiger partial charge in [-0.3, -0.25) is 0 Å². The highest BCUT2D eigenvalue weighted by Crippen LogP contribution is 2.63. The third kappa shape index (κ3) is 1.91. The van der Waals surface area contributed by atoms with Gasteiger partial charge in [0.15, 0.2) is 0 Å². The smallest absolute Gasteiger partial charge is 0.101 e. The number of hydrogen-bond acceptors (Lipinski definition) is 2. The van der Waals surface area contributed by atoms with Crippen molar-refractivity contribution in [2.24, 2.45) is 28.6 Å². The van der Waals surface area contributed by atoms with Crippen molar-refractivity contribution < 1.29 is 15.1 Å². The van der Waals surface area contributed by atoms with Gasteiger partial charge in [-0.15, -0.1) is 0 Å². The second kappa shape index (κ2) is 5.19. The molecule has 0 radical (unpaired) electrons. The summed E-state index contributed by atoms with van der Waals surface area (Å²) in [6.07, 6.45) is 8.86. The summed E-state index contributed by atoms with van der Waals surface area (Å²) in [6.45, 7) is 7.47. The fraction of sp³-hybridized carbons (Fsp3) is 1.00. The van der Waals surface area contributed by atoms with Gasteiger partial charge < -0.3 is 15.1 Å². The Labute approximate surface area is 135 Å². The Morgan fingerprint density at radius 1 is 0.955 bits per heavy atom. The van der Waals surface area contributed by atoms with Crippen LogP contribution in [0.25, 0.3) is 0 Å². The van der Waals surface area contributed by atoms with E-state index in [1.165, 1.54) is 45.1 Å². The highest BCUT2D eigenvalue weighted by Gasteiger charge is 2.62. The summed E-state index contributed by atoms with van der Waals surface area (Å²) in [5, 5.41) is 19.9. The molecule has 1 saturated heterocycles. The van der Waals surface area contributed by atoms with E-state index in [0.29, 0.717) is 12.0 Å². The molecule has 1 heterocycles. The van der Waals surface area contributed by atoms with Crippen LogP contribution in [0.1, 0.15) is 58.8 Å². The minimum atomic E-state index is -0.0518. The number of fused-ring (bicyclic) bond motifs is 5. The lowest BCUT2D eigenvalue weighted by atomic mass is 9.49. The Morgan fingerprint density at radius 3 is 2.50 bits per heavy atom. The fourth-order valence-electron chi connectivity index (χ4n) is 7.51. The van der Waals surface area contributed by atoms with E-state index in [9.17, 15) is 10.2 Å². The van der Waals surface area contributed by atoms with Crippen molar-refractivity contribution in [2.75, 3.05) is 19.7 Å². The standard InChI is InChI=1S/C19H33NO2/c1-18-9-10-20(11-12-21)16(18)5-3-13-14-4-6-17(22)19(14,2)8-7-15(13)18/h13-17,21-22H,3-12H2,1-2H3/p+1/t13-,14+,15-,16+,17-,18+,19+/m0/s1. The highest BCUT2D eigenvalue weighted by atomic mass is 16.3. The quantitative estimate of drug-likeness (QED) is 0.719. The summed E-state index contributed by atoms with van der Waals surface area (Å²) < 4.78 is 0. The monoisotopic (exact) mass is 308 g/mol. The molecule has 22 heavy (non-hydrogen) atoms. The number of aliphatic hydroxyl groups excluding tert-OH is 2. The molecule has 1 unspecified atom stereocenters. The number of hydrogen-bond donors (Lipinski definition) is 3. The van der Waals surface area contributed by atoms with Gasteiger partial charge in [-0.05, 0) is 55.3 Å². The van der Waals surface area contributed by atoms with Gasteiger partial charge in [-0.2, -0.15) is 0 Å². The summed E-state index contributed by atoms with van der Waals surface area (Å²) in [5.74, 6) is 2.48. The van der Waals surface area contributed by atoms with Crippen LogP contribution in [0.2, 0.25) is 0 Å². The summed E-state index contributed by atoms with van der Waals surface area (Å²) in [4.78, 5) is 1.67. The van der Waals surface area contributed by atoms with Gasteiger partial charge in [0.05, 0.1) is 25.3 Å². The zero-order valence-electron chi connectivity index (χ0n) is 14.4. The minimum Gasteiger partial charge on any atom is -0.393 e. The minimum absolute atomic E-state index is 0.0518. The molecule has 4 fully saturated rings. The summed E-state index contributed by atoms with van der Waals surface area (Å²) >= 11 is 0. The first-order valence-corrected chi connectivity index (χ1v) is 9.64. The molecule has 3 aliphatic carbocycles. The average molecular weight is 308 g/mol. The fourth-order valence-corrected chi connectivity index (χ4v) is 7.51. The lowest BCUT2D eigenvalue weighted by molar-refractivity contribution is -0.918. The van der Waals surface area contributed by atoms with Crippen LogP contribution in [0.3, 0.4) is 0 Å². The molecule has 126 valence electrons.